The van der Waals surface area contributed by atoms with E-state index in [-0.39, 0.29) is 34.5 Å². The van der Waals surface area contributed by atoms with E-state index < -0.39 is 10.1 Å². The predicted molar refractivity (Wildman–Crippen MR) is 58.5 cm³/mol. The van der Waals surface area contributed by atoms with Crippen molar-refractivity contribution in [1.29, 1.82) is 0 Å². The van der Waals surface area contributed by atoms with Crippen LogP contribution in [0, 0.1) is 0 Å². The Balaban J connectivity index is 0.00000144. The third kappa shape index (κ3) is 3.20. The van der Waals surface area contributed by atoms with Gasteiger partial charge < -0.3 is 9.29 Å². The topological polar surface area (TPSA) is 66.4 Å². The SMILES string of the molecule is COc1ccc2ccc(S(=O)(=O)[O-])cc2c1.[Na+]. The minimum Gasteiger partial charge on any atom is -0.744 e. The molecule has 0 N–H and O–H groups in total. The van der Waals surface area contributed by atoms with Crippen molar-refractivity contribution in [3.63, 3.8) is 0 Å². The molecule has 2 rings (SSSR count). The summed E-state index contributed by atoms with van der Waals surface area (Å²) >= 11 is 0. The number of ether oxygens (including phenoxy) is 1. The quantitative estimate of drug-likeness (QED) is 0.500. The van der Waals surface area contributed by atoms with Crippen molar-refractivity contribution in [3.8, 4) is 5.75 Å². The molecule has 0 aliphatic carbocycles. The normalized spacial score (nSPS) is 10.9. The van der Waals surface area contributed by atoms with Crippen LogP contribution in [0.1, 0.15) is 0 Å². The number of methoxy groups -OCH3 is 1. The second kappa shape index (κ2) is 5.37. The van der Waals surface area contributed by atoms with Gasteiger partial charge >= 0.3 is 29.6 Å². The van der Waals surface area contributed by atoms with Crippen LogP contribution in [0.15, 0.2) is 41.3 Å². The fourth-order valence-electron chi connectivity index (χ4n) is 1.49. The van der Waals surface area contributed by atoms with Crippen molar-refractivity contribution in [2.45, 2.75) is 4.90 Å². The van der Waals surface area contributed by atoms with E-state index >= 15 is 0 Å². The van der Waals surface area contributed by atoms with Crippen LogP contribution in [0.4, 0.5) is 0 Å². The molecule has 0 atom stereocenters. The summed E-state index contributed by atoms with van der Waals surface area (Å²) in [4.78, 5) is -0.228. The van der Waals surface area contributed by atoms with Gasteiger partial charge in [-0.1, -0.05) is 12.1 Å². The Bertz CT molecular complexity index is 637. The minimum atomic E-state index is -4.40. The molecule has 0 radical (unpaired) electrons. The zero-order valence-electron chi connectivity index (χ0n) is 9.51. The third-order valence-corrected chi connectivity index (χ3v) is 3.14. The van der Waals surface area contributed by atoms with Gasteiger partial charge in [0, 0.05) is 0 Å². The second-order valence-electron chi connectivity index (χ2n) is 3.33. The van der Waals surface area contributed by atoms with Gasteiger partial charge in [0.2, 0.25) is 0 Å². The van der Waals surface area contributed by atoms with Crippen molar-refractivity contribution in [2.24, 2.45) is 0 Å². The van der Waals surface area contributed by atoms with E-state index in [1.54, 1.807) is 24.3 Å². The molecule has 0 heterocycles. The van der Waals surface area contributed by atoms with Crippen LogP contribution in [-0.4, -0.2) is 20.1 Å². The average molecular weight is 260 g/mol. The molecule has 0 aliphatic rings. The molecule has 2 aromatic rings. The first-order valence-corrected chi connectivity index (χ1v) is 5.95. The van der Waals surface area contributed by atoms with Gasteiger partial charge in [0.15, 0.2) is 0 Å². The van der Waals surface area contributed by atoms with Gasteiger partial charge in [-0.2, -0.15) is 0 Å². The van der Waals surface area contributed by atoms with E-state index in [0.717, 1.165) is 5.39 Å². The maximum absolute atomic E-state index is 10.8. The maximum atomic E-state index is 10.8. The summed E-state index contributed by atoms with van der Waals surface area (Å²) in [6.45, 7) is 0. The molecule has 0 fully saturated rings. The molecule has 17 heavy (non-hydrogen) atoms. The summed E-state index contributed by atoms with van der Waals surface area (Å²) in [5.41, 5.74) is 0. The van der Waals surface area contributed by atoms with Crippen molar-refractivity contribution >= 4 is 20.9 Å². The van der Waals surface area contributed by atoms with E-state index in [4.69, 9.17) is 4.74 Å². The summed E-state index contributed by atoms with van der Waals surface area (Å²) < 4.78 is 37.6. The van der Waals surface area contributed by atoms with E-state index in [2.05, 4.69) is 0 Å². The molecular formula is C11H9NaO4S. The van der Waals surface area contributed by atoms with E-state index in [9.17, 15) is 13.0 Å². The van der Waals surface area contributed by atoms with Gasteiger partial charge in [0.05, 0.1) is 12.0 Å². The zero-order chi connectivity index (χ0) is 11.8. The van der Waals surface area contributed by atoms with Crippen LogP contribution < -0.4 is 34.3 Å². The van der Waals surface area contributed by atoms with Crippen LogP contribution in [0.5, 0.6) is 5.75 Å². The summed E-state index contributed by atoms with van der Waals surface area (Å²) in [7, 11) is -2.88. The fraction of sp³-hybridized carbons (Fsp3) is 0.0909. The number of rotatable bonds is 2. The van der Waals surface area contributed by atoms with Crippen LogP contribution in [0.3, 0.4) is 0 Å². The molecule has 2 aromatic carbocycles. The summed E-state index contributed by atoms with van der Waals surface area (Å²) in [5, 5.41) is 1.52. The van der Waals surface area contributed by atoms with Crippen molar-refractivity contribution in [2.75, 3.05) is 7.11 Å². The standard InChI is InChI=1S/C11H10O4S.Na/c1-15-10-4-2-8-3-5-11(16(12,13)14)7-9(8)6-10;/h2-7H,1H3,(H,12,13,14);/q;+1/p-1. The summed E-state index contributed by atoms with van der Waals surface area (Å²) in [5.74, 6) is 0.618. The van der Waals surface area contributed by atoms with Gasteiger partial charge in [-0.3, -0.25) is 0 Å². The maximum Gasteiger partial charge on any atom is 1.00 e. The Morgan fingerprint density at radius 2 is 1.71 bits per heavy atom. The van der Waals surface area contributed by atoms with Gasteiger partial charge in [-0.15, -0.1) is 0 Å². The average Bonchev–Trinajstić information content (AvgIpc) is 2.26. The van der Waals surface area contributed by atoms with Crippen molar-refractivity contribution in [1.82, 2.24) is 0 Å². The van der Waals surface area contributed by atoms with Crippen molar-refractivity contribution < 1.29 is 47.3 Å². The first kappa shape index (κ1) is 14.5. The number of benzene rings is 2. The fourth-order valence-corrected chi connectivity index (χ4v) is 1.99. The Morgan fingerprint density at radius 1 is 1.06 bits per heavy atom. The first-order valence-electron chi connectivity index (χ1n) is 4.54. The van der Waals surface area contributed by atoms with Gasteiger partial charge in [0.25, 0.3) is 0 Å². The van der Waals surface area contributed by atoms with Crippen LogP contribution in [0.2, 0.25) is 0 Å². The molecule has 0 aromatic heterocycles. The smallest absolute Gasteiger partial charge is 0.744 e. The Hall–Kier alpha value is -0.590. The number of hydrogen-bond acceptors (Lipinski definition) is 4. The van der Waals surface area contributed by atoms with Crippen molar-refractivity contribution in [3.05, 3.63) is 36.4 Å². The van der Waals surface area contributed by atoms with E-state index in [1.807, 2.05) is 0 Å². The third-order valence-electron chi connectivity index (χ3n) is 2.31. The van der Waals surface area contributed by atoms with Gasteiger partial charge in [-0.25, -0.2) is 8.42 Å². The summed E-state index contributed by atoms with van der Waals surface area (Å²) in [6.07, 6.45) is 0. The Morgan fingerprint density at radius 3 is 2.29 bits per heavy atom. The van der Waals surface area contributed by atoms with Gasteiger partial charge in [-0.05, 0) is 35.0 Å². The largest absolute Gasteiger partial charge is 1.00 e. The van der Waals surface area contributed by atoms with Crippen LogP contribution in [-0.2, 0) is 10.1 Å². The molecular weight excluding hydrogens is 251 g/mol. The number of hydrogen-bond donors (Lipinski definition) is 0. The monoisotopic (exact) mass is 260 g/mol. The minimum absolute atomic E-state index is 0. The molecule has 0 saturated heterocycles. The molecule has 0 bridgehead atoms. The van der Waals surface area contributed by atoms with Crippen LogP contribution in [0.25, 0.3) is 10.8 Å². The molecule has 4 nitrogen and oxygen atoms in total. The Labute approximate surface area is 122 Å². The second-order valence-corrected chi connectivity index (χ2v) is 4.71. The van der Waals surface area contributed by atoms with Gasteiger partial charge in [0.1, 0.15) is 15.9 Å². The van der Waals surface area contributed by atoms with Crippen LogP contribution >= 0.6 is 0 Å². The molecule has 84 valence electrons. The molecule has 0 saturated carbocycles. The molecule has 0 aliphatic heterocycles. The summed E-state index contributed by atoms with van der Waals surface area (Å²) in [6, 6.07) is 9.50. The number of fused-ring (bicyclic) bond motifs is 1. The zero-order valence-corrected chi connectivity index (χ0v) is 12.3. The van der Waals surface area contributed by atoms with E-state index in [0.29, 0.717) is 11.1 Å². The first-order chi connectivity index (χ1) is 7.50. The molecule has 0 amide bonds. The molecule has 0 spiro atoms. The molecule has 6 heteroatoms. The van der Waals surface area contributed by atoms with E-state index in [1.165, 1.54) is 19.2 Å². The molecule has 0 unspecified atom stereocenters. The Kier molecular flexibility index (Phi) is 4.57. The predicted octanol–water partition coefficient (Wildman–Crippen LogP) is -1.24.